The average molecular weight is 723 g/mol. The molecule has 1 atom stereocenters. The third-order valence-electron chi connectivity index (χ3n) is 8.00. The Morgan fingerprint density at radius 1 is 0.941 bits per heavy atom. The van der Waals surface area contributed by atoms with Crippen molar-refractivity contribution >= 4 is 11.9 Å². The molecule has 0 spiro atoms. The van der Waals surface area contributed by atoms with Gasteiger partial charge in [-0.15, -0.1) is 0 Å². The molecule has 0 saturated carbocycles. The minimum absolute atomic E-state index is 0. The van der Waals surface area contributed by atoms with Crippen LogP contribution in [0, 0.1) is 11.3 Å². The molecule has 264 valence electrons. The molecule has 4 aromatic rings. The van der Waals surface area contributed by atoms with Crippen LogP contribution in [0.3, 0.4) is 0 Å². The van der Waals surface area contributed by atoms with E-state index < -0.39 is 29.4 Å². The Morgan fingerprint density at radius 3 is 2.22 bits per heavy atom. The van der Waals surface area contributed by atoms with E-state index in [4.69, 9.17) is 9.47 Å². The SMILES string of the molecule is CCC(C)c1ccc(OC)c(-c2ccc(C(F)(F)F)cc2CN(Cc2cc(C#N)cc(C(F)(F)F)c2)c2ncc(OCCCC(=O)[O-])cn2)c1.[Na+]. The molecule has 0 aliphatic carbocycles. The first-order valence-electron chi connectivity index (χ1n) is 15.5. The first-order chi connectivity index (χ1) is 23.6. The van der Waals surface area contributed by atoms with Crippen LogP contribution in [0.1, 0.15) is 72.4 Å². The Hall–Kier alpha value is -4.32. The van der Waals surface area contributed by atoms with Crippen LogP contribution in [0.5, 0.6) is 11.5 Å². The van der Waals surface area contributed by atoms with Crippen molar-refractivity contribution in [2.45, 2.75) is 64.5 Å². The van der Waals surface area contributed by atoms with E-state index in [0.717, 1.165) is 30.2 Å². The molecule has 0 fully saturated rings. The number of hydrogen-bond donors (Lipinski definition) is 0. The molecule has 0 aliphatic rings. The van der Waals surface area contributed by atoms with E-state index in [2.05, 4.69) is 9.97 Å². The summed E-state index contributed by atoms with van der Waals surface area (Å²) in [6.07, 6.45) is -6.26. The zero-order chi connectivity index (χ0) is 36.6. The van der Waals surface area contributed by atoms with Crippen LogP contribution in [0.4, 0.5) is 32.3 Å². The van der Waals surface area contributed by atoms with Gasteiger partial charge in [0.2, 0.25) is 5.95 Å². The summed E-state index contributed by atoms with van der Waals surface area (Å²) in [5, 5.41) is 20.1. The van der Waals surface area contributed by atoms with Gasteiger partial charge in [0.1, 0.15) is 5.75 Å². The van der Waals surface area contributed by atoms with Crippen molar-refractivity contribution in [3.8, 4) is 28.7 Å². The molecule has 0 radical (unpaired) electrons. The molecule has 0 aliphatic heterocycles. The van der Waals surface area contributed by atoms with Crippen molar-refractivity contribution < 1.29 is 75.3 Å². The molecule has 3 aromatic carbocycles. The number of carboxylic acids is 1. The molecule has 1 unspecified atom stereocenters. The molecule has 15 heteroatoms. The number of halogens is 6. The first-order valence-corrected chi connectivity index (χ1v) is 15.5. The number of nitrogens with zero attached hydrogens (tertiary/aromatic N) is 4. The van der Waals surface area contributed by atoms with Crippen LogP contribution in [0.15, 0.2) is 67.0 Å². The molecule has 4 rings (SSSR count). The largest absolute Gasteiger partial charge is 1.00 e. The van der Waals surface area contributed by atoms with Gasteiger partial charge in [0, 0.05) is 24.6 Å². The average Bonchev–Trinajstić information content (AvgIpc) is 3.08. The summed E-state index contributed by atoms with van der Waals surface area (Å²) in [4.78, 5) is 20.6. The summed E-state index contributed by atoms with van der Waals surface area (Å²) in [5.74, 6) is -0.629. The third-order valence-corrected chi connectivity index (χ3v) is 8.00. The minimum atomic E-state index is -4.77. The molecule has 1 aromatic heterocycles. The van der Waals surface area contributed by atoms with Crippen molar-refractivity contribution in [2.24, 2.45) is 0 Å². The zero-order valence-electron chi connectivity index (χ0n) is 28.4. The summed E-state index contributed by atoms with van der Waals surface area (Å²) in [5.41, 5.74) is -0.259. The topological polar surface area (TPSA) is 111 Å². The molecular formula is C36H33F6N4NaO4. The number of aliphatic carboxylic acids is 1. The number of methoxy groups -OCH3 is 1. The smallest absolute Gasteiger partial charge is 0.550 e. The summed E-state index contributed by atoms with van der Waals surface area (Å²) in [7, 11) is 1.44. The Balaban J connectivity index is 0.00000702. The number of carbonyl (C=O) groups is 1. The Bertz CT molecular complexity index is 1850. The van der Waals surface area contributed by atoms with Crippen molar-refractivity contribution in [1.82, 2.24) is 9.97 Å². The quantitative estimate of drug-likeness (QED) is 0.105. The van der Waals surface area contributed by atoms with E-state index >= 15 is 0 Å². The number of rotatable bonds is 14. The van der Waals surface area contributed by atoms with Crippen LogP contribution in [-0.4, -0.2) is 29.7 Å². The summed E-state index contributed by atoms with van der Waals surface area (Å²) >= 11 is 0. The number of alkyl halides is 6. The molecule has 8 nitrogen and oxygen atoms in total. The van der Waals surface area contributed by atoms with E-state index in [0.29, 0.717) is 22.9 Å². The maximum atomic E-state index is 14.1. The Labute approximate surface area is 313 Å². The van der Waals surface area contributed by atoms with E-state index in [1.807, 2.05) is 26.0 Å². The number of anilines is 1. The number of hydrogen-bond acceptors (Lipinski definition) is 8. The van der Waals surface area contributed by atoms with Crippen LogP contribution in [0.25, 0.3) is 11.1 Å². The standard InChI is InChI=1S/C36H34F6N4O4.Na/c1-4-22(2)25-7-10-32(49-3)31(16-25)30-9-8-27(35(37,38)39)15-26(30)21-46(20-24-12-23(17-43)13-28(14-24)36(40,41)42)34-44-18-29(19-45-34)50-11-5-6-33(47)48;/h7-10,12-16,18-19,22H,4-6,11,20-21H2,1-3H3,(H,47,48);/q;+1/p-1. The second kappa shape index (κ2) is 17.7. The van der Waals surface area contributed by atoms with Gasteiger partial charge < -0.3 is 24.3 Å². The van der Waals surface area contributed by atoms with E-state index in [9.17, 15) is 41.5 Å². The monoisotopic (exact) mass is 722 g/mol. The third kappa shape index (κ3) is 11.1. The molecular weight excluding hydrogens is 689 g/mol. The van der Waals surface area contributed by atoms with Gasteiger partial charge in [-0.1, -0.05) is 26.0 Å². The molecule has 51 heavy (non-hydrogen) atoms. The van der Waals surface area contributed by atoms with Crippen molar-refractivity contribution in [2.75, 3.05) is 18.6 Å². The fourth-order valence-corrected chi connectivity index (χ4v) is 5.23. The number of benzene rings is 3. The van der Waals surface area contributed by atoms with Crippen LogP contribution in [-0.2, 0) is 30.2 Å². The maximum Gasteiger partial charge on any atom is 1.00 e. The van der Waals surface area contributed by atoms with Crippen LogP contribution < -0.4 is 49.0 Å². The maximum absolute atomic E-state index is 14.1. The summed E-state index contributed by atoms with van der Waals surface area (Å²) in [6.45, 7) is 3.39. The predicted octanol–water partition coefficient (Wildman–Crippen LogP) is 4.69. The normalized spacial score (nSPS) is 12.0. The fraction of sp³-hybridized carbons (Fsp3) is 0.333. The number of carboxylic acid groups (broad SMARTS) is 1. The number of nitriles is 1. The second-order valence-electron chi connectivity index (χ2n) is 11.6. The van der Waals surface area contributed by atoms with Gasteiger partial charge in [0.05, 0.1) is 48.9 Å². The Morgan fingerprint density at radius 2 is 1.63 bits per heavy atom. The van der Waals surface area contributed by atoms with Crippen LogP contribution in [0.2, 0.25) is 0 Å². The van der Waals surface area contributed by atoms with Gasteiger partial charge >= 0.3 is 41.9 Å². The second-order valence-corrected chi connectivity index (χ2v) is 11.6. The van der Waals surface area contributed by atoms with Gasteiger partial charge in [-0.05, 0) is 89.9 Å². The summed E-state index contributed by atoms with van der Waals surface area (Å²) < 4.78 is 94.6. The van der Waals surface area contributed by atoms with E-state index in [1.54, 1.807) is 12.1 Å². The number of ether oxygens (including phenoxy) is 2. The van der Waals surface area contributed by atoms with Gasteiger partial charge in [-0.25, -0.2) is 9.97 Å². The van der Waals surface area contributed by atoms with Crippen molar-refractivity contribution in [3.05, 3.63) is 100 Å². The van der Waals surface area contributed by atoms with Crippen molar-refractivity contribution in [1.29, 1.82) is 5.26 Å². The summed E-state index contributed by atoms with van der Waals surface area (Å²) in [6, 6.07) is 13.2. The van der Waals surface area contributed by atoms with E-state index in [-0.39, 0.29) is 96.4 Å². The van der Waals surface area contributed by atoms with Crippen molar-refractivity contribution in [3.63, 3.8) is 0 Å². The van der Waals surface area contributed by atoms with E-state index in [1.165, 1.54) is 36.5 Å². The first kappa shape index (κ1) is 41.1. The predicted molar refractivity (Wildman–Crippen MR) is 170 cm³/mol. The number of aromatic nitrogens is 2. The molecule has 0 saturated heterocycles. The number of carbonyl (C=O) groups excluding carboxylic acids is 1. The minimum Gasteiger partial charge on any atom is -0.550 e. The fourth-order valence-electron chi connectivity index (χ4n) is 5.23. The van der Waals surface area contributed by atoms with Gasteiger partial charge in [-0.2, -0.15) is 31.6 Å². The molecule has 0 amide bonds. The molecule has 0 N–H and O–H groups in total. The van der Waals surface area contributed by atoms with Gasteiger partial charge in [0.25, 0.3) is 0 Å². The molecule has 1 heterocycles. The van der Waals surface area contributed by atoms with Gasteiger partial charge in [-0.3, -0.25) is 0 Å². The van der Waals surface area contributed by atoms with Crippen LogP contribution >= 0.6 is 0 Å². The van der Waals surface area contributed by atoms with Gasteiger partial charge in [0.15, 0.2) is 5.75 Å². The Kier molecular flexibility index (Phi) is 14.3. The zero-order valence-corrected chi connectivity index (χ0v) is 30.4. The molecule has 0 bridgehead atoms.